The van der Waals surface area contributed by atoms with Crippen LogP contribution in [0.4, 0.5) is 5.82 Å². The third kappa shape index (κ3) is 3.42. The summed E-state index contributed by atoms with van der Waals surface area (Å²) in [5.41, 5.74) is 7.39. The van der Waals surface area contributed by atoms with Gasteiger partial charge in [-0.25, -0.2) is 13.4 Å². The largest absolute Gasteiger partial charge is 0.382 e. The zero-order valence-electron chi connectivity index (χ0n) is 13.7. The van der Waals surface area contributed by atoms with Gasteiger partial charge in [0, 0.05) is 25.5 Å². The Morgan fingerprint density at radius 1 is 1.25 bits per heavy atom. The van der Waals surface area contributed by atoms with E-state index in [1.54, 1.807) is 28.8 Å². The van der Waals surface area contributed by atoms with Gasteiger partial charge in [0.15, 0.2) is 0 Å². The molecule has 24 heavy (non-hydrogen) atoms. The van der Waals surface area contributed by atoms with Gasteiger partial charge in [-0.3, -0.25) is 4.98 Å². The molecule has 6 nitrogen and oxygen atoms in total. The summed E-state index contributed by atoms with van der Waals surface area (Å²) in [6, 6.07) is 7.12. The highest BCUT2D eigenvalue weighted by Gasteiger charge is 2.31. The molecule has 0 radical (unpaired) electrons. The number of nitrogens with two attached hydrogens (primary N) is 1. The Morgan fingerprint density at radius 3 is 2.75 bits per heavy atom. The first-order valence-corrected chi connectivity index (χ1v) is 9.53. The molecule has 0 unspecified atom stereocenters. The summed E-state index contributed by atoms with van der Waals surface area (Å²) >= 11 is 0. The Balaban J connectivity index is 1.78. The maximum absolute atomic E-state index is 12.9. The molecule has 1 fully saturated rings. The molecule has 3 rings (SSSR count). The Kier molecular flexibility index (Phi) is 4.82. The maximum Gasteiger partial charge on any atom is 0.243 e. The van der Waals surface area contributed by atoms with Crippen molar-refractivity contribution >= 4 is 15.8 Å². The predicted molar refractivity (Wildman–Crippen MR) is 92.8 cm³/mol. The molecule has 2 aromatic rings. The standard InChI is InChI=1S/C17H22N4O2S/c1-13-5-2-3-7-16(13)24(22,23)21-10-4-6-14(12-21)11-15-17(18)20-9-8-19-15/h2-3,5,7-9,14H,4,6,10-12H2,1H3,(H2,18,20)/t14-/m1/s1. The number of anilines is 1. The number of nitrogen functional groups attached to an aromatic ring is 1. The first-order valence-electron chi connectivity index (χ1n) is 8.09. The minimum Gasteiger partial charge on any atom is -0.382 e. The second-order valence-corrected chi connectivity index (χ2v) is 8.14. The number of rotatable bonds is 4. The minimum atomic E-state index is -3.46. The summed E-state index contributed by atoms with van der Waals surface area (Å²) in [4.78, 5) is 8.72. The van der Waals surface area contributed by atoms with Crippen LogP contribution in [0.2, 0.25) is 0 Å². The molecule has 1 aromatic heterocycles. The molecule has 0 saturated carbocycles. The Labute approximate surface area is 142 Å². The fourth-order valence-electron chi connectivity index (χ4n) is 3.21. The van der Waals surface area contributed by atoms with Crippen molar-refractivity contribution in [2.24, 2.45) is 5.92 Å². The Hall–Kier alpha value is -1.99. The Morgan fingerprint density at radius 2 is 2.00 bits per heavy atom. The number of hydrogen-bond acceptors (Lipinski definition) is 5. The minimum absolute atomic E-state index is 0.205. The molecule has 2 heterocycles. The molecule has 0 aliphatic carbocycles. The van der Waals surface area contributed by atoms with Gasteiger partial charge in [0.1, 0.15) is 5.82 Å². The monoisotopic (exact) mass is 346 g/mol. The quantitative estimate of drug-likeness (QED) is 0.915. The second-order valence-electron chi connectivity index (χ2n) is 6.23. The van der Waals surface area contributed by atoms with Crippen molar-refractivity contribution in [3.8, 4) is 0 Å². The highest BCUT2D eigenvalue weighted by molar-refractivity contribution is 7.89. The van der Waals surface area contributed by atoms with Gasteiger partial charge in [-0.15, -0.1) is 0 Å². The first kappa shape index (κ1) is 16.9. The maximum atomic E-state index is 12.9. The molecule has 7 heteroatoms. The van der Waals surface area contributed by atoms with Gasteiger partial charge < -0.3 is 5.73 Å². The van der Waals surface area contributed by atoms with Crippen LogP contribution < -0.4 is 5.73 Å². The number of aromatic nitrogens is 2. The average molecular weight is 346 g/mol. The molecule has 128 valence electrons. The van der Waals surface area contributed by atoms with Crippen molar-refractivity contribution in [1.82, 2.24) is 14.3 Å². The number of hydrogen-bond donors (Lipinski definition) is 1. The topological polar surface area (TPSA) is 89.2 Å². The molecule has 0 spiro atoms. The van der Waals surface area contributed by atoms with Crippen molar-refractivity contribution < 1.29 is 8.42 Å². The van der Waals surface area contributed by atoms with E-state index in [0.717, 1.165) is 24.1 Å². The number of benzene rings is 1. The number of nitrogens with zero attached hydrogens (tertiary/aromatic N) is 3. The van der Waals surface area contributed by atoms with Crippen molar-refractivity contribution in [3.05, 3.63) is 47.9 Å². The normalized spacial score (nSPS) is 19.3. The van der Waals surface area contributed by atoms with Crippen LogP contribution in [0.15, 0.2) is 41.6 Å². The van der Waals surface area contributed by atoms with Crippen molar-refractivity contribution in [2.45, 2.75) is 31.1 Å². The van der Waals surface area contributed by atoms with Crippen LogP contribution in [0.1, 0.15) is 24.1 Å². The smallest absolute Gasteiger partial charge is 0.243 e. The highest BCUT2D eigenvalue weighted by atomic mass is 32.2. The van der Waals surface area contributed by atoms with Gasteiger partial charge in [-0.1, -0.05) is 18.2 Å². The molecule has 1 aromatic carbocycles. The lowest BCUT2D eigenvalue weighted by Gasteiger charge is -2.32. The SMILES string of the molecule is Cc1ccccc1S(=O)(=O)N1CCC[C@H](Cc2nccnc2N)C1. The van der Waals surface area contributed by atoms with E-state index in [2.05, 4.69) is 9.97 Å². The molecule has 1 saturated heterocycles. The van der Waals surface area contributed by atoms with Crippen LogP contribution in [0, 0.1) is 12.8 Å². The summed E-state index contributed by atoms with van der Waals surface area (Å²) in [7, 11) is -3.46. The lowest BCUT2D eigenvalue weighted by Crippen LogP contribution is -2.40. The van der Waals surface area contributed by atoms with E-state index in [0.29, 0.717) is 30.2 Å². The van der Waals surface area contributed by atoms with Gasteiger partial charge in [0.05, 0.1) is 10.6 Å². The summed E-state index contributed by atoms with van der Waals surface area (Å²) < 4.78 is 27.5. The van der Waals surface area contributed by atoms with Gasteiger partial charge in [-0.05, 0) is 43.7 Å². The molecule has 0 bridgehead atoms. The van der Waals surface area contributed by atoms with E-state index in [4.69, 9.17) is 5.73 Å². The molecule has 1 aliphatic heterocycles. The molecule has 0 amide bonds. The third-order valence-corrected chi connectivity index (χ3v) is 6.51. The van der Waals surface area contributed by atoms with E-state index in [1.807, 2.05) is 19.1 Å². The van der Waals surface area contributed by atoms with Crippen LogP contribution in [0.25, 0.3) is 0 Å². The van der Waals surface area contributed by atoms with E-state index < -0.39 is 10.0 Å². The summed E-state index contributed by atoms with van der Waals surface area (Å²) in [6.07, 6.45) is 5.65. The van der Waals surface area contributed by atoms with Crippen molar-refractivity contribution in [2.75, 3.05) is 18.8 Å². The third-order valence-electron chi connectivity index (χ3n) is 4.48. The van der Waals surface area contributed by atoms with Crippen LogP contribution in [-0.2, 0) is 16.4 Å². The van der Waals surface area contributed by atoms with Crippen LogP contribution in [0.5, 0.6) is 0 Å². The van der Waals surface area contributed by atoms with Crippen LogP contribution in [-0.4, -0.2) is 35.8 Å². The van der Waals surface area contributed by atoms with E-state index in [9.17, 15) is 8.42 Å². The fraction of sp³-hybridized carbons (Fsp3) is 0.412. The lowest BCUT2D eigenvalue weighted by atomic mass is 9.94. The summed E-state index contributed by atoms with van der Waals surface area (Å²) in [6.45, 7) is 2.88. The van der Waals surface area contributed by atoms with E-state index >= 15 is 0 Å². The van der Waals surface area contributed by atoms with Crippen molar-refractivity contribution in [3.63, 3.8) is 0 Å². The van der Waals surface area contributed by atoms with Gasteiger partial charge in [-0.2, -0.15) is 4.31 Å². The second kappa shape index (κ2) is 6.86. The average Bonchev–Trinajstić information content (AvgIpc) is 2.57. The summed E-state index contributed by atoms with van der Waals surface area (Å²) in [5.74, 6) is 0.632. The first-order chi connectivity index (χ1) is 11.5. The van der Waals surface area contributed by atoms with Crippen molar-refractivity contribution in [1.29, 1.82) is 0 Å². The lowest BCUT2D eigenvalue weighted by molar-refractivity contribution is 0.264. The molecular weight excluding hydrogens is 324 g/mol. The molecule has 2 N–H and O–H groups in total. The van der Waals surface area contributed by atoms with E-state index in [1.165, 1.54) is 0 Å². The number of piperidine rings is 1. The van der Waals surface area contributed by atoms with Gasteiger partial charge in [0.25, 0.3) is 0 Å². The molecule has 1 atom stereocenters. The molecular formula is C17H22N4O2S. The summed E-state index contributed by atoms with van der Waals surface area (Å²) in [5, 5.41) is 0. The van der Waals surface area contributed by atoms with Gasteiger partial charge >= 0.3 is 0 Å². The number of sulfonamides is 1. The highest BCUT2D eigenvalue weighted by Crippen LogP contribution is 2.27. The van der Waals surface area contributed by atoms with Gasteiger partial charge in [0.2, 0.25) is 10.0 Å². The zero-order valence-corrected chi connectivity index (χ0v) is 14.5. The van der Waals surface area contributed by atoms with Crippen LogP contribution >= 0.6 is 0 Å². The fourth-order valence-corrected chi connectivity index (χ4v) is 4.99. The van der Waals surface area contributed by atoms with E-state index in [-0.39, 0.29) is 5.92 Å². The Bertz CT molecular complexity index is 823. The van der Waals surface area contributed by atoms with Crippen LogP contribution in [0.3, 0.4) is 0 Å². The zero-order chi connectivity index (χ0) is 17.2. The molecule has 1 aliphatic rings. The predicted octanol–water partition coefficient (Wildman–Crippen LogP) is 2.01. The number of aryl methyl sites for hydroxylation is 1.